The fourth-order valence-corrected chi connectivity index (χ4v) is 2.82. The third-order valence-electron chi connectivity index (χ3n) is 4.09. The van der Waals surface area contributed by atoms with E-state index in [0.29, 0.717) is 19.1 Å². The van der Waals surface area contributed by atoms with Crippen molar-refractivity contribution in [1.29, 1.82) is 0 Å². The largest absolute Gasteiger partial charge is 0.396 e. The Labute approximate surface area is 135 Å². The summed E-state index contributed by atoms with van der Waals surface area (Å²) in [5, 5.41) is 20.9. The van der Waals surface area contributed by atoms with Crippen LogP contribution in [-0.2, 0) is 11.3 Å². The molecule has 7 heteroatoms. The predicted octanol–water partition coefficient (Wildman–Crippen LogP) is 1.03. The van der Waals surface area contributed by atoms with Crippen LogP contribution in [-0.4, -0.2) is 62.6 Å². The quantitative estimate of drug-likeness (QED) is 0.769. The number of tetrazole rings is 1. The molecule has 1 aliphatic rings. The van der Waals surface area contributed by atoms with Crippen molar-refractivity contribution in [2.24, 2.45) is 0 Å². The molecule has 0 aliphatic carbocycles. The number of aliphatic hydroxyl groups is 1. The molecular formula is C16H23N5O2. The normalized spacial score (nSPS) is 16.7. The van der Waals surface area contributed by atoms with Gasteiger partial charge in [-0.25, -0.2) is 0 Å². The average Bonchev–Trinajstić information content (AvgIpc) is 3.06. The van der Waals surface area contributed by atoms with Gasteiger partial charge in [-0.2, -0.15) is 4.68 Å². The molecule has 1 aromatic heterocycles. The van der Waals surface area contributed by atoms with Gasteiger partial charge in [0.05, 0.1) is 18.3 Å². The molecule has 0 amide bonds. The Kier molecular flexibility index (Phi) is 5.68. The van der Waals surface area contributed by atoms with Gasteiger partial charge in [0.15, 0.2) is 5.82 Å². The van der Waals surface area contributed by atoms with Crippen LogP contribution in [0.25, 0.3) is 5.69 Å². The predicted molar refractivity (Wildman–Crippen MR) is 85.1 cm³/mol. The molecule has 1 N–H and O–H groups in total. The molecule has 1 saturated heterocycles. The number of likely N-dealkylation sites (tertiary alicyclic amines) is 1. The Morgan fingerprint density at radius 2 is 1.96 bits per heavy atom. The summed E-state index contributed by atoms with van der Waals surface area (Å²) in [7, 11) is 0. The van der Waals surface area contributed by atoms with Crippen LogP contribution in [0.5, 0.6) is 0 Å². The van der Waals surface area contributed by atoms with Crippen LogP contribution in [0.3, 0.4) is 0 Å². The topological polar surface area (TPSA) is 76.3 Å². The summed E-state index contributed by atoms with van der Waals surface area (Å²) in [5.41, 5.74) is 0.981. The number of aromatic nitrogens is 4. The Morgan fingerprint density at radius 3 is 2.70 bits per heavy atom. The van der Waals surface area contributed by atoms with Crippen molar-refractivity contribution in [1.82, 2.24) is 25.1 Å². The lowest BCUT2D eigenvalue weighted by Gasteiger charge is -2.31. The van der Waals surface area contributed by atoms with Crippen molar-refractivity contribution in [3.8, 4) is 5.69 Å². The number of rotatable bonds is 7. The van der Waals surface area contributed by atoms with Crippen molar-refractivity contribution >= 4 is 0 Å². The number of aliphatic hydroxyl groups excluding tert-OH is 1. The molecule has 124 valence electrons. The molecule has 1 aromatic carbocycles. The van der Waals surface area contributed by atoms with E-state index < -0.39 is 0 Å². The molecule has 0 bridgehead atoms. The highest BCUT2D eigenvalue weighted by atomic mass is 16.5. The standard InChI is InChI=1S/C16H23N5O2/c22-11-4-12-23-15-7-9-20(10-8-15)13-16-17-18-19-21(16)14-5-2-1-3-6-14/h1-3,5-6,15,22H,4,7-13H2. The van der Waals surface area contributed by atoms with Crippen molar-refractivity contribution in [2.75, 3.05) is 26.3 Å². The van der Waals surface area contributed by atoms with E-state index in [1.165, 1.54) is 0 Å². The molecule has 3 rings (SSSR count). The minimum absolute atomic E-state index is 0.195. The first-order valence-electron chi connectivity index (χ1n) is 8.14. The highest BCUT2D eigenvalue weighted by Crippen LogP contribution is 2.16. The van der Waals surface area contributed by atoms with E-state index in [-0.39, 0.29) is 6.61 Å². The number of para-hydroxylation sites is 1. The highest BCUT2D eigenvalue weighted by Gasteiger charge is 2.21. The lowest BCUT2D eigenvalue weighted by atomic mass is 10.1. The average molecular weight is 317 g/mol. The Hall–Kier alpha value is -1.83. The molecule has 0 spiro atoms. The minimum atomic E-state index is 0.195. The summed E-state index contributed by atoms with van der Waals surface area (Å²) in [5.74, 6) is 0.857. The number of hydrogen-bond acceptors (Lipinski definition) is 6. The Morgan fingerprint density at radius 1 is 1.17 bits per heavy atom. The van der Waals surface area contributed by atoms with Gasteiger partial charge in [0.2, 0.25) is 0 Å². The lowest BCUT2D eigenvalue weighted by molar-refractivity contribution is 0.000235. The number of benzene rings is 1. The first kappa shape index (κ1) is 16.0. The maximum Gasteiger partial charge on any atom is 0.170 e. The number of hydrogen-bond donors (Lipinski definition) is 1. The number of ether oxygens (including phenoxy) is 1. The monoisotopic (exact) mass is 317 g/mol. The second kappa shape index (κ2) is 8.14. The molecule has 1 fully saturated rings. The van der Waals surface area contributed by atoms with Crippen LogP contribution in [0.4, 0.5) is 0 Å². The Balaban J connectivity index is 1.53. The van der Waals surface area contributed by atoms with Crippen LogP contribution in [0.15, 0.2) is 30.3 Å². The smallest absolute Gasteiger partial charge is 0.170 e. The molecule has 0 saturated carbocycles. The fraction of sp³-hybridized carbons (Fsp3) is 0.562. The van der Waals surface area contributed by atoms with Crippen LogP contribution >= 0.6 is 0 Å². The first-order valence-corrected chi connectivity index (χ1v) is 8.14. The summed E-state index contributed by atoms with van der Waals surface area (Å²) < 4.78 is 7.56. The maximum absolute atomic E-state index is 8.79. The van der Waals surface area contributed by atoms with Crippen molar-refractivity contribution in [3.63, 3.8) is 0 Å². The zero-order valence-electron chi connectivity index (χ0n) is 13.2. The summed E-state index contributed by atoms with van der Waals surface area (Å²) in [6, 6.07) is 9.95. The molecule has 2 aromatic rings. The van der Waals surface area contributed by atoms with E-state index in [0.717, 1.165) is 44.0 Å². The van der Waals surface area contributed by atoms with Gasteiger partial charge >= 0.3 is 0 Å². The summed E-state index contributed by atoms with van der Waals surface area (Å²) in [6.45, 7) is 3.54. The third kappa shape index (κ3) is 4.34. The van der Waals surface area contributed by atoms with Crippen molar-refractivity contribution in [2.45, 2.75) is 31.9 Å². The maximum atomic E-state index is 8.79. The zero-order valence-corrected chi connectivity index (χ0v) is 13.2. The third-order valence-corrected chi connectivity index (χ3v) is 4.09. The van der Waals surface area contributed by atoms with Gasteiger partial charge < -0.3 is 9.84 Å². The van der Waals surface area contributed by atoms with Crippen LogP contribution in [0, 0.1) is 0 Å². The minimum Gasteiger partial charge on any atom is -0.396 e. The van der Waals surface area contributed by atoms with Gasteiger partial charge in [0.25, 0.3) is 0 Å². The number of nitrogens with zero attached hydrogens (tertiary/aromatic N) is 5. The summed E-state index contributed by atoms with van der Waals surface area (Å²) >= 11 is 0. The van der Waals surface area contributed by atoms with Crippen molar-refractivity contribution < 1.29 is 9.84 Å². The zero-order chi connectivity index (χ0) is 15.9. The van der Waals surface area contributed by atoms with Gasteiger partial charge in [-0.05, 0) is 41.8 Å². The van der Waals surface area contributed by atoms with E-state index in [1.54, 1.807) is 4.68 Å². The molecular weight excluding hydrogens is 294 g/mol. The first-order chi connectivity index (χ1) is 11.4. The van der Waals surface area contributed by atoms with E-state index >= 15 is 0 Å². The van der Waals surface area contributed by atoms with Gasteiger partial charge in [-0.1, -0.05) is 18.2 Å². The van der Waals surface area contributed by atoms with Crippen LogP contribution < -0.4 is 0 Å². The SMILES string of the molecule is OCCCOC1CCN(Cc2nnnn2-c2ccccc2)CC1. The summed E-state index contributed by atoms with van der Waals surface area (Å²) in [4.78, 5) is 2.36. The van der Waals surface area contributed by atoms with Gasteiger partial charge in [-0.3, -0.25) is 4.90 Å². The van der Waals surface area contributed by atoms with E-state index in [9.17, 15) is 0 Å². The van der Waals surface area contributed by atoms with E-state index in [2.05, 4.69) is 20.4 Å². The molecule has 0 unspecified atom stereocenters. The molecule has 23 heavy (non-hydrogen) atoms. The fourth-order valence-electron chi connectivity index (χ4n) is 2.82. The molecule has 1 aliphatic heterocycles. The van der Waals surface area contributed by atoms with Gasteiger partial charge in [-0.15, -0.1) is 5.10 Å². The second-order valence-corrected chi connectivity index (χ2v) is 5.77. The second-order valence-electron chi connectivity index (χ2n) is 5.77. The Bertz CT molecular complexity index is 581. The van der Waals surface area contributed by atoms with Crippen LogP contribution in [0.2, 0.25) is 0 Å². The van der Waals surface area contributed by atoms with Crippen LogP contribution in [0.1, 0.15) is 25.1 Å². The van der Waals surface area contributed by atoms with E-state index in [4.69, 9.17) is 9.84 Å². The van der Waals surface area contributed by atoms with E-state index in [1.807, 2.05) is 30.3 Å². The molecule has 0 atom stereocenters. The highest BCUT2D eigenvalue weighted by molar-refractivity contribution is 5.30. The van der Waals surface area contributed by atoms with Gasteiger partial charge in [0.1, 0.15) is 0 Å². The molecule has 0 radical (unpaired) electrons. The molecule has 2 heterocycles. The number of piperidine rings is 1. The summed E-state index contributed by atoms with van der Waals surface area (Å²) in [6.07, 6.45) is 3.05. The molecule has 7 nitrogen and oxygen atoms in total. The lowest BCUT2D eigenvalue weighted by Crippen LogP contribution is -2.37. The van der Waals surface area contributed by atoms with Gasteiger partial charge in [0, 0.05) is 26.3 Å². The van der Waals surface area contributed by atoms with Crippen molar-refractivity contribution in [3.05, 3.63) is 36.2 Å².